The molecule has 2 aromatic heterocycles. The van der Waals surface area contributed by atoms with Gasteiger partial charge >= 0.3 is 0 Å². The summed E-state index contributed by atoms with van der Waals surface area (Å²) in [6.45, 7) is 9.17. The molecule has 0 aliphatic heterocycles. The van der Waals surface area contributed by atoms with Crippen LogP contribution in [0.15, 0.2) is 72.9 Å². The molecule has 0 aliphatic carbocycles. The lowest BCUT2D eigenvalue weighted by Crippen LogP contribution is -2.05. The van der Waals surface area contributed by atoms with E-state index in [4.69, 9.17) is 9.97 Å². The Balaban J connectivity index is 1.80. The molecule has 0 atom stereocenters. The molecule has 0 saturated carbocycles. The fourth-order valence-corrected chi connectivity index (χ4v) is 6.39. The fourth-order valence-electron chi connectivity index (χ4n) is 6.39. The first kappa shape index (κ1) is 30.0. The van der Waals surface area contributed by atoms with Gasteiger partial charge in [0.1, 0.15) is 0 Å². The van der Waals surface area contributed by atoms with E-state index in [9.17, 15) is 0 Å². The molecule has 5 rings (SSSR count). The largest absolute Gasteiger partial charge is 0.254 e. The number of nitrogens with zero attached hydrogens (tertiary/aromatic N) is 2. The van der Waals surface area contributed by atoms with E-state index in [0.717, 1.165) is 43.5 Å². The van der Waals surface area contributed by atoms with Crippen LogP contribution in [0.4, 0.5) is 0 Å². The number of unbranched alkanes of at least 4 members (excludes halogenated alkanes) is 4. The van der Waals surface area contributed by atoms with Crippen LogP contribution >= 0.6 is 0 Å². The van der Waals surface area contributed by atoms with E-state index >= 15 is 0 Å². The highest BCUT2D eigenvalue weighted by Gasteiger charge is 2.20. The smallest absolute Gasteiger partial charge is 0.0974 e. The van der Waals surface area contributed by atoms with Crippen molar-refractivity contribution in [2.45, 2.75) is 105 Å². The van der Waals surface area contributed by atoms with Crippen LogP contribution in [-0.4, -0.2) is 9.97 Å². The van der Waals surface area contributed by atoms with Gasteiger partial charge in [-0.25, -0.2) is 0 Å². The monoisotopic (exact) mass is 556 g/mol. The average molecular weight is 557 g/mol. The molecule has 0 bridgehead atoms. The first-order chi connectivity index (χ1) is 20.7. The van der Waals surface area contributed by atoms with Crippen LogP contribution < -0.4 is 0 Å². The second-order valence-electron chi connectivity index (χ2n) is 11.9. The van der Waals surface area contributed by atoms with Gasteiger partial charge < -0.3 is 0 Å². The minimum absolute atomic E-state index is 0.994. The van der Waals surface area contributed by atoms with Gasteiger partial charge in [0, 0.05) is 22.7 Å². The summed E-state index contributed by atoms with van der Waals surface area (Å²) in [6.07, 6.45) is 16.0. The number of aryl methyl sites for hydroxylation is 4. The molecule has 218 valence electrons. The molecule has 0 fully saturated rings. The predicted octanol–water partition coefficient (Wildman–Crippen LogP) is 11.5. The van der Waals surface area contributed by atoms with E-state index in [1.807, 2.05) is 6.20 Å². The number of pyridine rings is 2. The quantitative estimate of drug-likeness (QED) is 0.136. The zero-order valence-corrected chi connectivity index (χ0v) is 26.3. The number of fused-ring (bicyclic) bond motifs is 2. The van der Waals surface area contributed by atoms with E-state index < -0.39 is 0 Å². The van der Waals surface area contributed by atoms with Gasteiger partial charge in [-0.05, 0) is 96.0 Å². The molecule has 0 radical (unpaired) electrons. The Morgan fingerprint density at radius 2 is 1.26 bits per heavy atom. The Morgan fingerprint density at radius 3 is 2.05 bits per heavy atom. The normalized spacial score (nSPS) is 11.5. The summed E-state index contributed by atoms with van der Waals surface area (Å²) in [5.41, 5.74) is 10.5. The molecular formula is C40H48N2. The highest BCUT2D eigenvalue weighted by atomic mass is 14.8. The van der Waals surface area contributed by atoms with Gasteiger partial charge in [0.15, 0.2) is 0 Å². The minimum atomic E-state index is 0.994. The minimum Gasteiger partial charge on any atom is -0.254 e. The Bertz CT molecular complexity index is 1630. The van der Waals surface area contributed by atoms with Crippen molar-refractivity contribution < 1.29 is 0 Å². The zero-order valence-electron chi connectivity index (χ0n) is 26.3. The standard InChI is InChI=1S/C40H48N2/c1-5-9-16-29-24-25-32(28-31(29)17-10-6-2)33-21-15-22-36-38(33)35(19-11-7-3)37(23-12-8-4)42-40(36)39-34-20-14-13-18-30(34)26-27-41-39/h13-15,18,20-22,24-28H,5-12,16-17,19,23H2,1-4H3. The number of rotatable bonds is 14. The van der Waals surface area contributed by atoms with Crippen LogP contribution in [0.5, 0.6) is 0 Å². The second-order valence-corrected chi connectivity index (χ2v) is 11.9. The van der Waals surface area contributed by atoms with E-state index in [1.165, 1.54) is 100 Å². The molecule has 0 saturated heterocycles. The molecule has 0 amide bonds. The second kappa shape index (κ2) is 14.6. The third-order valence-electron chi connectivity index (χ3n) is 8.78. The molecular weight excluding hydrogens is 508 g/mol. The molecule has 42 heavy (non-hydrogen) atoms. The molecule has 5 aromatic rings. The van der Waals surface area contributed by atoms with Crippen LogP contribution in [0.3, 0.4) is 0 Å². The third-order valence-corrected chi connectivity index (χ3v) is 8.78. The number of benzene rings is 3. The van der Waals surface area contributed by atoms with E-state index in [2.05, 4.69) is 94.4 Å². The van der Waals surface area contributed by atoms with Crippen LogP contribution in [0, 0.1) is 0 Å². The predicted molar refractivity (Wildman–Crippen MR) is 182 cm³/mol. The average Bonchev–Trinajstić information content (AvgIpc) is 3.04. The van der Waals surface area contributed by atoms with Crippen molar-refractivity contribution in [2.75, 3.05) is 0 Å². The maximum Gasteiger partial charge on any atom is 0.0974 e. The van der Waals surface area contributed by atoms with Gasteiger partial charge in [-0.2, -0.15) is 0 Å². The van der Waals surface area contributed by atoms with Crippen molar-refractivity contribution in [3.05, 3.63) is 95.3 Å². The summed E-state index contributed by atoms with van der Waals surface area (Å²) in [7, 11) is 0. The van der Waals surface area contributed by atoms with Gasteiger partial charge in [-0.1, -0.05) is 114 Å². The molecule has 0 spiro atoms. The van der Waals surface area contributed by atoms with Crippen molar-refractivity contribution in [1.29, 1.82) is 0 Å². The van der Waals surface area contributed by atoms with Gasteiger partial charge in [0.2, 0.25) is 0 Å². The van der Waals surface area contributed by atoms with Gasteiger partial charge in [-0.3, -0.25) is 9.97 Å². The maximum atomic E-state index is 5.49. The molecule has 2 heterocycles. The summed E-state index contributed by atoms with van der Waals surface area (Å²) in [5, 5.41) is 5.00. The summed E-state index contributed by atoms with van der Waals surface area (Å²) in [6, 6.07) is 24.9. The lowest BCUT2D eigenvalue weighted by Gasteiger charge is -2.20. The molecule has 0 N–H and O–H groups in total. The zero-order chi connectivity index (χ0) is 29.3. The number of hydrogen-bond acceptors (Lipinski definition) is 2. The van der Waals surface area contributed by atoms with Crippen molar-refractivity contribution in [1.82, 2.24) is 9.97 Å². The summed E-state index contributed by atoms with van der Waals surface area (Å²) in [5.74, 6) is 0. The highest BCUT2D eigenvalue weighted by Crippen LogP contribution is 2.40. The number of hydrogen-bond donors (Lipinski definition) is 0. The Morgan fingerprint density at radius 1 is 0.571 bits per heavy atom. The number of aromatic nitrogens is 2. The van der Waals surface area contributed by atoms with Gasteiger partial charge in [0.25, 0.3) is 0 Å². The van der Waals surface area contributed by atoms with Crippen LogP contribution in [-0.2, 0) is 25.7 Å². The summed E-state index contributed by atoms with van der Waals surface area (Å²) < 4.78 is 0. The summed E-state index contributed by atoms with van der Waals surface area (Å²) in [4.78, 5) is 10.5. The Hall–Kier alpha value is -3.52. The lowest BCUT2D eigenvalue weighted by molar-refractivity contribution is 0.746. The SMILES string of the molecule is CCCCc1ccc(-c2cccc3c(-c4nccc5ccccc45)nc(CCCC)c(CCCC)c23)cc1CCCC. The fraction of sp³-hybridized carbons (Fsp3) is 0.400. The van der Waals surface area contributed by atoms with Crippen molar-refractivity contribution >= 4 is 21.5 Å². The molecule has 0 unspecified atom stereocenters. The van der Waals surface area contributed by atoms with E-state index in [0.29, 0.717) is 0 Å². The van der Waals surface area contributed by atoms with Crippen LogP contribution in [0.2, 0.25) is 0 Å². The van der Waals surface area contributed by atoms with Crippen LogP contribution in [0.1, 0.15) is 101 Å². The topological polar surface area (TPSA) is 25.8 Å². The van der Waals surface area contributed by atoms with Crippen molar-refractivity contribution in [3.8, 4) is 22.5 Å². The van der Waals surface area contributed by atoms with Gasteiger partial charge in [0.05, 0.1) is 11.4 Å². The lowest BCUT2D eigenvalue weighted by atomic mass is 9.87. The van der Waals surface area contributed by atoms with Crippen molar-refractivity contribution in [3.63, 3.8) is 0 Å². The van der Waals surface area contributed by atoms with Gasteiger partial charge in [-0.15, -0.1) is 0 Å². The Kier molecular flexibility index (Phi) is 10.4. The molecule has 2 nitrogen and oxygen atoms in total. The van der Waals surface area contributed by atoms with E-state index in [-0.39, 0.29) is 0 Å². The maximum absolute atomic E-state index is 5.49. The van der Waals surface area contributed by atoms with Crippen LogP contribution in [0.25, 0.3) is 44.1 Å². The first-order valence-electron chi connectivity index (χ1n) is 16.6. The molecule has 2 heteroatoms. The third kappa shape index (κ3) is 6.43. The molecule has 0 aliphatic rings. The molecule has 3 aromatic carbocycles. The first-order valence-corrected chi connectivity index (χ1v) is 16.6. The Labute approximate surface area is 253 Å². The highest BCUT2D eigenvalue weighted by molar-refractivity contribution is 6.08. The van der Waals surface area contributed by atoms with Crippen molar-refractivity contribution in [2.24, 2.45) is 0 Å². The van der Waals surface area contributed by atoms with E-state index in [1.54, 1.807) is 0 Å². The summed E-state index contributed by atoms with van der Waals surface area (Å²) >= 11 is 0.